The molecular weight excluding hydrogens is 284 g/mol. The van der Waals surface area contributed by atoms with Gasteiger partial charge in [-0.05, 0) is 24.8 Å². The zero-order valence-corrected chi connectivity index (χ0v) is 14.1. The highest BCUT2D eigenvalue weighted by Gasteiger charge is 2.33. The number of carbonyl (C=O) groups excluding carboxylic acids is 1. The third-order valence-corrected chi connectivity index (χ3v) is 5.46. The second kappa shape index (κ2) is 6.40. The maximum absolute atomic E-state index is 12.3. The van der Waals surface area contributed by atoms with Gasteiger partial charge in [0.15, 0.2) is 0 Å². The number of aromatic nitrogens is 2. The maximum Gasteiger partial charge on any atom is 0.226 e. The molecule has 0 spiro atoms. The molecule has 5 nitrogen and oxygen atoms in total. The summed E-state index contributed by atoms with van der Waals surface area (Å²) in [5, 5.41) is 12.6. The van der Waals surface area contributed by atoms with Crippen LogP contribution in [0.2, 0.25) is 0 Å². The van der Waals surface area contributed by atoms with Crippen LogP contribution in [0.4, 0.5) is 5.13 Å². The topological polar surface area (TPSA) is 80.9 Å². The van der Waals surface area contributed by atoms with Crippen LogP contribution in [0.25, 0.3) is 0 Å². The normalized spacial score (nSPS) is 18.5. The first-order valence-corrected chi connectivity index (χ1v) is 8.50. The Kier molecular flexibility index (Phi) is 4.99. The summed E-state index contributed by atoms with van der Waals surface area (Å²) in [6.45, 7) is 6.85. The molecule has 1 fully saturated rings. The lowest BCUT2D eigenvalue weighted by Gasteiger charge is -2.35. The number of carbonyl (C=O) groups is 1. The highest BCUT2D eigenvalue weighted by Crippen LogP contribution is 2.38. The van der Waals surface area contributed by atoms with Crippen molar-refractivity contribution in [2.24, 2.45) is 11.1 Å². The number of hydrogen-bond acceptors (Lipinski definition) is 5. The van der Waals surface area contributed by atoms with E-state index in [-0.39, 0.29) is 16.7 Å². The van der Waals surface area contributed by atoms with Crippen LogP contribution in [-0.2, 0) is 10.2 Å². The standard InChI is InChI=1S/C15H26N4OS/c1-14(2,3)12-18-19-13(21-12)17-11(20)9-15(10-16)7-5-4-6-8-15/h4-10,16H2,1-3H3,(H,17,19,20). The Morgan fingerprint density at radius 3 is 2.48 bits per heavy atom. The van der Waals surface area contributed by atoms with E-state index >= 15 is 0 Å². The van der Waals surface area contributed by atoms with Gasteiger partial charge in [0, 0.05) is 11.8 Å². The first kappa shape index (κ1) is 16.4. The van der Waals surface area contributed by atoms with Crippen molar-refractivity contribution >= 4 is 22.4 Å². The van der Waals surface area contributed by atoms with E-state index in [1.54, 1.807) is 0 Å². The van der Waals surface area contributed by atoms with Gasteiger partial charge in [0.2, 0.25) is 11.0 Å². The molecule has 1 aliphatic rings. The van der Waals surface area contributed by atoms with Gasteiger partial charge in [0.25, 0.3) is 0 Å². The number of nitrogens with one attached hydrogen (secondary N) is 1. The smallest absolute Gasteiger partial charge is 0.226 e. The highest BCUT2D eigenvalue weighted by molar-refractivity contribution is 7.15. The molecule has 1 heterocycles. The van der Waals surface area contributed by atoms with Gasteiger partial charge in [-0.3, -0.25) is 4.79 Å². The van der Waals surface area contributed by atoms with Crippen molar-refractivity contribution in [3.05, 3.63) is 5.01 Å². The SMILES string of the molecule is CC(C)(C)c1nnc(NC(=O)CC2(CN)CCCCC2)s1. The minimum Gasteiger partial charge on any atom is -0.330 e. The van der Waals surface area contributed by atoms with Crippen molar-refractivity contribution in [1.82, 2.24) is 10.2 Å². The molecule has 118 valence electrons. The van der Waals surface area contributed by atoms with E-state index in [1.807, 2.05) is 0 Å². The van der Waals surface area contributed by atoms with Crippen molar-refractivity contribution in [1.29, 1.82) is 0 Å². The molecule has 0 aliphatic heterocycles. The fraction of sp³-hybridized carbons (Fsp3) is 0.800. The molecule has 0 aromatic carbocycles. The molecule has 1 amide bonds. The van der Waals surface area contributed by atoms with E-state index in [1.165, 1.54) is 30.6 Å². The Morgan fingerprint density at radius 2 is 1.95 bits per heavy atom. The third-order valence-electron chi connectivity index (χ3n) is 4.20. The molecule has 1 aliphatic carbocycles. The Morgan fingerprint density at radius 1 is 1.29 bits per heavy atom. The molecule has 0 bridgehead atoms. The lowest BCUT2D eigenvalue weighted by molar-refractivity contribution is -0.118. The first-order chi connectivity index (χ1) is 9.85. The summed E-state index contributed by atoms with van der Waals surface area (Å²) in [6.07, 6.45) is 6.22. The lowest BCUT2D eigenvalue weighted by Crippen LogP contribution is -2.36. The summed E-state index contributed by atoms with van der Waals surface area (Å²) in [6, 6.07) is 0. The quantitative estimate of drug-likeness (QED) is 0.895. The summed E-state index contributed by atoms with van der Waals surface area (Å²) in [5.41, 5.74) is 5.88. The second-order valence-corrected chi connectivity index (χ2v) is 8.13. The second-order valence-electron chi connectivity index (χ2n) is 7.15. The number of anilines is 1. The molecule has 0 saturated heterocycles. The third kappa shape index (κ3) is 4.23. The van der Waals surface area contributed by atoms with E-state index in [9.17, 15) is 4.79 Å². The number of rotatable bonds is 4. The number of hydrogen-bond donors (Lipinski definition) is 2. The molecule has 1 aromatic heterocycles. The molecule has 2 rings (SSSR count). The fourth-order valence-electron chi connectivity index (χ4n) is 2.84. The fourth-order valence-corrected chi connectivity index (χ4v) is 3.65. The van der Waals surface area contributed by atoms with E-state index in [0.717, 1.165) is 17.8 Å². The molecule has 3 N–H and O–H groups in total. The van der Waals surface area contributed by atoms with E-state index in [0.29, 0.717) is 18.1 Å². The van der Waals surface area contributed by atoms with Crippen LogP contribution in [0.3, 0.4) is 0 Å². The largest absolute Gasteiger partial charge is 0.330 e. The summed E-state index contributed by atoms with van der Waals surface area (Å²) >= 11 is 1.45. The van der Waals surface area contributed by atoms with Crippen LogP contribution in [0, 0.1) is 5.41 Å². The van der Waals surface area contributed by atoms with Crippen LogP contribution in [0.5, 0.6) is 0 Å². The molecule has 6 heteroatoms. The Balaban J connectivity index is 1.96. The van der Waals surface area contributed by atoms with Crippen molar-refractivity contribution in [3.8, 4) is 0 Å². The number of nitrogens with zero attached hydrogens (tertiary/aromatic N) is 2. The van der Waals surface area contributed by atoms with Crippen molar-refractivity contribution in [3.63, 3.8) is 0 Å². The van der Waals surface area contributed by atoms with E-state index < -0.39 is 0 Å². The number of amides is 1. The van der Waals surface area contributed by atoms with Crippen LogP contribution >= 0.6 is 11.3 Å². The Bertz CT molecular complexity index is 486. The van der Waals surface area contributed by atoms with Gasteiger partial charge in [-0.2, -0.15) is 0 Å². The minimum atomic E-state index is -0.0392. The van der Waals surface area contributed by atoms with Crippen molar-refractivity contribution in [2.75, 3.05) is 11.9 Å². The van der Waals surface area contributed by atoms with Gasteiger partial charge in [0.05, 0.1) is 0 Å². The summed E-state index contributed by atoms with van der Waals surface area (Å²) in [5.74, 6) is 0.0129. The molecule has 21 heavy (non-hydrogen) atoms. The zero-order chi connectivity index (χ0) is 15.5. The predicted molar refractivity (Wildman–Crippen MR) is 86.4 cm³/mol. The van der Waals surface area contributed by atoms with Gasteiger partial charge < -0.3 is 11.1 Å². The molecule has 1 aromatic rings. The Hall–Kier alpha value is -1.01. The summed E-state index contributed by atoms with van der Waals surface area (Å²) in [4.78, 5) is 12.3. The van der Waals surface area contributed by atoms with E-state index in [4.69, 9.17) is 5.73 Å². The van der Waals surface area contributed by atoms with Crippen LogP contribution in [-0.4, -0.2) is 22.6 Å². The summed E-state index contributed by atoms with van der Waals surface area (Å²) < 4.78 is 0. The van der Waals surface area contributed by atoms with Gasteiger partial charge in [-0.25, -0.2) is 0 Å². The van der Waals surface area contributed by atoms with E-state index in [2.05, 4.69) is 36.3 Å². The van der Waals surface area contributed by atoms with Crippen LogP contribution in [0.15, 0.2) is 0 Å². The highest BCUT2D eigenvalue weighted by atomic mass is 32.1. The zero-order valence-electron chi connectivity index (χ0n) is 13.2. The first-order valence-electron chi connectivity index (χ1n) is 7.69. The van der Waals surface area contributed by atoms with Gasteiger partial charge >= 0.3 is 0 Å². The Labute approximate surface area is 130 Å². The van der Waals surface area contributed by atoms with Gasteiger partial charge in [-0.1, -0.05) is 51.4 Å². The van der Waals surface area contributed by atoms with Gasteiger partial charge in [-0.15, -0.1) is 10.2 Å². The van der Waals surface area contributed by atoms with Crippen LogP contribution < -0.4 is 11.1 Å². The van der Waals surface area contributed by atoms with Crippen LogP contribution in [0.1, 0.15) is 64.3 Å². The molecular formula is C15H26N4OS. The molecule has 1 saturated carbocycles. The minimum absolute atomic E-state index is 0.0129. The average Bonchev–Trinajstić information content (AvgIpc) is 2.88. The van der Waals surface area contributed by atoms with Crippen molar-refractivity contribution in [2.45, 2.75) is 64.7 Å². The monoisotopic (exact) mass is 310 g/mol. The lowest BCUT2D eigenvalue weighted by atomic mass is 9.72. The number of nitrogens with two attached hydrogens (primary N) is 1. The average molecular weight is 310 g/mol. The predicted octanol–water partition coefficient (Wildman–Crippen LogP) is 3.07. The molecule has 0 radical (unpaired) electrons. The summed E-state index contributed by atoms with van der Waals surface area (Å²) in [7, 11) is 0. The van der Waals surface area contributed by atoms with Gasteiger partial charge in [0.1, 0.15) is 5.01 Å². The maximum atomic E-state index is 12.3. The molecule has 0 unspecified atom stereocenters. The van der Waals surface area contributed by atoms with Crippen molar-refractivity contribution < 1.29 is 4.79 Å². The molecule has 0 atom stereocenters.